The maximum Gasteiger partial charge on any atom is 0.350 e. The Hall–Kier alpha value is -2.39. The van der Waals surface area contributed by atoms with Gasteiger partial charge in [0.1, 0.15) is 5.82 Å². The lowest BCUT2D eigenvalue weighted by Crippen LogP contribution is -2.44. The van der Waals surface area contributed by atoms with E-state index in [4.69, 9.17) is 16.3 Å². The van der Waals surface area contributed by atoms with E-state index >= 15 is 0 Å². The molecule has 1 unspecified atom stereocenters. The molecule has 9 heteroatoms. The number of aryl methyl sites for hydroxylation is 1. The monoisotopic (exact) mass is 402 g/mol. The van der Waals surface area contributed by atoms with Crippen LogP contribution in [-0.2, 0) is 4.74 Å². The van der Waals surface area contributed by atoms with Crippen LogP contribution in [0.4, 0.5) is 5.82 Å². The zero-order valence-electron chi connectivity index (χ0n) is 17.4. The molecule has 9 nitrogen and oxygen atoms in total. The number of ether oxygens (including phenoxy) is 1. The molecule has 1 saturated heterocycles. The first-order valence-electron chi connectivity index (χ1n) is 10.2. The van der Waals surface area contributed by atoms with Crippen LogP contribution in [0.1, 0.15) is 44.7 Å². The lowest BCUT2D eigenvalue weighted by atomic mass is 9.80. The molecule has 0 bridgehead atoms. The summed E-state index contributed by atoms with van der Waals surface area (Å²) < 4.78 is 7.74. The van der Waals surface area contributed by atoms with E-state index in [0.717, 1.165) is 43.7 Å². The summed E-state index contributed by atoms with van der Waals surface area (Å²) in [5, 5.41) is 0.395. The molecule has 0 aromatic carbocycles. The number of hydrogen-bond acceptors (Lipinski definition) is 7. The predicted octanol–water partition coefficient (Wildman–Crippen LogP) is 0.701. The Morgan fingerprint density at radius 1 is 1.31 bits per heavy atom. The normalized spacial score (nSPS) is 21.2. The Morgan fingerprint density at radius 3 is 2.69 bits per heavy atom. The van der Waals surface area contributed by atoms with Crippen molar-refractivity contribution >= 4 is 16.7 Å². The van der Waals surface area contributed by atoms with Gasteiger partial charge in [0, 0.05) is 37.5 Å². The standard InChI is InChI=1S/C20H30N6O3/c1-12-16-15(18(27)26(22)19(28)25(16)14-4-5-14)8-23-17(12)24-9-13(6-7-29-11-21)20(2,3)10-24/h8,13-14H,4-7,9-11,21-22H2,1-3H3. The van der Waals surface area contributed by atoms with E-state index in [-0.39, 0.29) is 18.2 Å². The van der Waals surface area contributed by atoms with Gasteiger partial charge in [-0.25, -0.2) is 9.78 Å². The molecule has 0 spiro atoms. The molecule has 0 amide bonds. The third kappa shape index (κ3) is 3.32. The number of nitrogen functional groups attached to an aromatic ring is 1. The van der Waals surface area contributed by atoms with Gasteiger partial charge in [-0.15, -0.1) is 0 Å². The van der Waals surface area contributed by atoms with Crippen molar-refractivity contribution in [2.75, 3.05) is 37.2 Å². The third-order valence-electron chi connectivity index (χ3n) is 6.45. The highest BCUT2D eigenvalue weighted by molar-refractivity contribution is 5.84. The zero-order chi connectivity index (χ0) is 20.9. The molecule has 3 heterocycles. The van der Waals surface area contributed by atoms with Crippen LogP contribution in [0.3, 0.4) is 0 Å². The van der Waals surface area contributed by atoms with Crippen LogP contribution in [0.15, 0.2) is 15.8 Å². The molecular weight excluding hydrogens is 372 g/mol. The Morgan fingerprint density at radius 2 is 2.03 bits per heavy atom. The van der Waals surface area contributed by atoms with E-state index in [9.17, 15) is 9.59 Å². The molecule has 1 atom stereocenters. The van der Waals surface area contributed by atoms with E-state index in [0.29, 0.717) is 28.1 Å². The summed E-state index contributed by atoms with van der Waals surface area (Å²) in [6, 6.07) is 0.102. The summed E-state index contributed by atoms with van der Waals surface area (Å²) in [4.78, 5) is 32.2. The Balaban J connectivity index is 1.77. The van der Waals surface area contributed by atoms with Crippen molar-refractivity contribution in [2.24, 2.45) is 17.1 Å². The van der Waals surface area contributed by atoms with Crippen molar-refractivity contribution in [1.29, 1.82) is 0 Å². The van der Waals surface area contributed by atoms with Crippen LogP contribution in [0, 0.1) is 18.3 Å². The molecule has 1 aliphatic heterocycles. The van der Waals surface area contributed by atoms with Gasteiger partial charge in [0.2, 0.25) is 0 Å². The molecular formula is C20H30N6O3. The topological polar surface area (TPSA) is 121 Å². The van der Waals surface area contributed by atoms with Crippen LogP contribution in [0.2, 0.25) is 0 Å². The van der Waals surface area contributed by atoms with Crippen LogP contribution in [-0.4, -0.2) is 40.7 Å². The summed E-state index contributed by atoms with van der Waals surface area (Å²) in [7, 11) is 0. The number of pyridine rings is 1. The minimum atomic E-state index is -0.498. The van der Waals surface area contributed by atoms with Crippen molar-refractivity contribution in [3.05, 3.63) is 32.6 Å². The molecule has 2 aromatic heterocycles. The molecule has 1 saturated carbocycles. The number of anilines is 1. The fourth-order valence-electron chi connectivity index (χ4n) is 4.63. The summed E-state index contributed by atoms with van der Waals surface area (Å²) in [6.45, 7) is 9.02. The lowest BCUT2D eigenvalue weighted by molar-refractivity contribution is 0.112. The van der Waals surface area contributed by atoms with Gasteiger partial charge in [0.25, 0.3) is 5.56 Å². The molecule has 2 aromatic rings. The number of nitrogens with zero attached hydrogens (tertiary/aromatic N) is 4. The second kappa shape index (κ2) is 7.14. The Kier molecular flexibility index (Phi) is 4.90. The molecule has 29 heavy (non-hydrogen) atoms. The molecule has 0 radical (unpaired) electrons. The Labute approximate surface area is 169 Å². The van der Waals surface area contributed by atoms with Crippen molar-refractivity contribution < 1.29 is 4.74 Å². The fourth-order valence-corrected chi connectivity index (χ4v) is 4.63. The highest BCUT2D eigenvalue weighted by atomic mass is 16.5. The van der Waals surface area contributed by atoms with Crippen LogP contribution in [0.25, 0.3) is 10.9 Å². The molecule has 4 rings (SSSR count). The van der Waals surface area contributed by atoms with Gasteiger partial charge in [-0.05, 0) is 37.5 Å². The molecule has 1 aliphatic carbocycles. The minimum Gasteiger partial charge on any atom is -0.367 e. The quantitative estimate of drug-likeness (QED) is 0.414. The maximum absolute atomic E-state index is 12.7. The average molecular weight is 402 g/mol. The Bertz CT molecular complexity index is 1050. The van der Waals surface area contributed by atoms with E-state index < -0.39 is 11.2 Å². The molecule has 2 aliphatic rings. The second-order valence-corrected chi connectivity index (χ2v) is 8.96. The highest BCUT2D eigenvalue weighted by Crippen LogP contribution is 2.41. The van der Waals surface area contributed by atoms with Crippen molar-refractivity contribution in [1.82, 2.24) is 14.2 Å². The first-order valence-corrected chi connectivity index (χ1v) is 10.2. The van der Waals surface area contributed by atoms with Gasteiger partial charge >= 0.3 is 5.69 Å². The van der Waals surface area contributed by atoms with E-state index in [2.05, 4.69) is 23.7 Å². The average Bonchev–Trinajstić information content (AvgIpc) is 3.46. The number of hydrogen-bond donors (Lipinski definition) is 2. The van der Waals surface area contributed by atoms with Gasteiger partial charge in [-0.3, -0.25) is 9.36 Å². The van der Waals surface area contributed by atoms with Crippen molar-refractivity contribution in [3.63, 3.8) is 0 Å². The molecule has 2 fully saturated rings. The number of aromatic nitrogens is 3. The SMILES string of the molecule is Cc1c(N2CC(CCOCN)C(C)(C)C2)ncc2c(=O)n(N)c(=O)n(C3CC3)c12. The summed E-state index contributed by atoms with van der Waals surface area (Å²) >= 11 is 0. The lowest BCUT2D eigenvalue weighted by Gasteiger charge is -2.25. The maximum atomic E-state index is 12.7. The number of nitrogens with two attached hydrogens (primary N) is 2. The van der Waals surface area contributed by atoms with E-state index in [1.165, 1.54) is 0 Å². The summed E-state index contributed by atoms with van der Waals surface area (Å²) in [6.07, 6.45) is 4.34. The third-order valence-corrected chi connectivity index (χ3v) is 6.45. The van der Waals surface area contributed by atoms with Gasteiger partial charge in [0.05, 0.1) is 17.6 Å². The summed E-state index contributed by atoms with van der Waals surface area (Å²) in [5.41, 5.74) is 6.12. The molecule has 4 N–H and O–H groups in total. The van der Waals surface area contributed by atoms with Gasteiger partial charge in [-0.2, -0.15) is 4.68 Å². The number of fused-ring (bicyclic) bond motifs is 1. The second-order valence-electron chi connectivity index (χ2n) is 8.96. The zero-order valence-corrected chi connectivity index (χ0v) is 17.4. The van der Waals surface area contributed by atoms with Gasteiger partial charge in [-0.1, -0.05) is 13.8 Å². The smallest absolute Gasteiger partial charge is 0.350 e. The fraction of sp³-hybridized carbons (Fsp3) is 0.650. The largest absolute Gasteiger partial charge is 0.367 e. The minimum absolute atomic E-state index is 0.0951. The number of rotatable bonds is 6. The highest BCUT2D eigenvalue weighted by Gasteiger charge is 2.40. The van der Waals surface area contributed by atoms with Crippen LogP contribution in [0.5, 0.6) is 0 Å². The van der Waals surface area contributed by atoms with E-state index in [1.54, 1.807) is 10.8 Å². The van der Waals surface area contributed by atoms with Crippen molar-refractivity contribution in [2.45, 2.75) is 46.1 Å². The first-order chi connectivity index (χ1) is 13.8. The van der Waals surface area contributed by atoms with Gasteiger partial charge < -0.3 is 21.2 Å². The molecule has 158 valence electrons. The first kappa shape index (κ1) is 19.9. The predicted molar refractivity (Wildman–Crippen MR) is 113 cm³/mol. The van der Waals surface area contributed by atoms with Gasteiger partial charge in [0.15, 0.2) is 0 Å². The van der Waals surface area contributed by atoms with Crippen LogP contribution >= 0.6 is 0 Å². The van der Waals surface area contributed by atoms with Crippen molar-refractivity contribution in [3.8, 4) is 0 Å². The summed E-state index contributed by atoms with van der Waals surface area (Å²) in [5.74, 6) is 7.02. The van der Waals surface area contributed by atoms with E-state index in [1.807, 2.05) is 6.92 Å². The van der Waals surface area contributed by atoms with Crippen LogP contribution < -0.4 is 27.7 Å².